The van der Waals surface area contributed by atoms with Crippen LogP contribution in [0.25, 0.3) is 0 Å². The van der Waals surface area contributed by atoms with Crippen LogP contribution in [0.1, 0.15) is 71.1 Å². The molecule has 2 saturated heterocycles. The molecule has 4 radical (unpaired) electrons. The normalized spacial score (nSPS) is 43.2. The summed E-state index contributed by atoms with van der Waals surface area (Å²) in [5.41, 5.74) is 0.438. The van der Waals surface area contributed by atoms with Gasteiger partial charge < -0.3 is 9.62 Å². The van der Waals surface area contributed by atoms with Gasteiger partial charge in [0.05, 0.1) is 0 Å². The molecule has 3 rings (SSSR count). The van der Waals surface area contributed by atoms with Gasteiger partial charge in [0.1, 0.15) is 0 Å². The first kappa shape index (κ1) is 15.9. The number of nitrogens with zero attached hydrogens (tertiary/aromatic N) is 2. The zero-order chi connectivity index (χ0) is 14.9. The second-order valence-electron chi connectivity index (χ2n) is 8.14. The number of hydrogen-bond donors (Lipinski definition) is 0. The summed E-state index contributed by atoms with van der Waals surface area (Å²) in [6.07, 6.45) is 13.3. The van der Waals surface area contributed by atoms with Crippen LogP contribution in [0.15, 0.2) is 0 Å². The van der Waals surface area contributed by atoms with Crippen molar-refractivity contribution >= 4 is 16.0 Å². The summed E-state index contributed by atoms with van der Waals surface area (Å²) < 4.78 is 0. The van der Waals surface area contributed by atoms with Gasteiger partial charge in [-0.2, -0.15) is 0 Å². The summed E-state index contributed by atoms with van der Waals surface area (Å²) in [5, 5.41) is 0. The summed E-state index contributed by atoms with van der Waals surface area (Å²) in [5.74, 6) is 0.861. The second-order valence-corrected chi connectivity index (χ2v) is 8.14. The van der Waals surface area contributed by atoms with Crippen LogP contribution in [0.5, 0.6) is 0 Å². The number of hydrogen-bond acceptors (Lipinski definition) is 2. The molecule has 114 valence electrons. The molecule has 0 aromatic heterocycles. The number of rotatable bonds is 3. The van der Waals surface area contributed by atoms with Crippen LogP contribution in [0.2, 0.25) is 0 Å². The van der Waals surface area contributed by atoms with Crippen LogP contribution in [0, 0.1) is 11.3 Å². The van der Waals surface area contributed by atoms with Crippen molar-refractivity contribution < 1.29 is 0 Å². The van der Waals surface area contributed by atoms with Crippen molar-refractivity contribution in [3.8, 4) is 0 Å². The molecule has 2 nitrogen and oxygen atoms in total. The van der Waals surface area contributed by atoms with Crippen molar-refractivity contribution in [3.63, 3.8) is 0 Å². The van der Waals surface area contributed by atoms with Gasteiger partial charge in [-0.1, -0.05) is 19.8 Å². The molecule has 1 aliphatic carbocycles. The summed E-state index contributed by atoms with van der Waals surface area (Å²) in [6, 6.07) is 1.24. The average Bonchev–Trinajstić information content (AvgIpc) is 2.84. The van der Waals surface area contributed by atoms with Gasteiger partial charge in [0.2, 0.25) is 0 Å². The maximum atomic E-state index is 6.30. The van der Waals surface area contributed by atoms with Crippen molar-refractivity contribution in [2.75, 3.05) is 13.1 Å². The summed E-state index contributed by atoms with van der Waals surface area (Å²) in [7, 11) is 12.5. The summed E-state index contributed by atoms with van der Waals surface area (Å²) in [6.45, 7) is 4.67. The molecule has 4 heteroatoms. The molecule has 4 atom stereocenters. The van der Waals surface area contributed by atoms with Gasteiger partial charge in [-0.3, -0.25) is 0 Å². The van der Waals surface area contributed by atoms with E-state index in [4.69, 9.17) is 16.0 Å². The standard InChI is InChI=1S/C17H30B2N2/c1-17(16-7-3-5-11-21(16)19)9-8-14(13-17)12-15-6-2-4-10-20(15)18/h14-16H,2-13H2,1H3. The Morgan fingerprint density at radius 1 is 0.952 bits per heavy atom. The molecule has 3 aliphatic rings. The third kappa shape index (κ3) is 3.52. The lowest BCUT2D eigenvalue weighted by Gasteiger charge is -2.44. The van der Waals surface area contributed by atoms with E-state index in [2.05, 4.69) is 16.5 Å². The molecule has 0 aromatic rings. The molecule has 0 spiro atoms. The maximum Gasteiger partial charge on any atom is 0.182 e. The monoisotopic (exact) mass is 284 g/mol. The Hall–Kier alpha value is 0.0499. The van der Waals surface area contributed by atoms with Crippen LogP contribution in [-0.4, -0.2) is 50.8 Å². The van der Waals surface area contributed by atoms with Crippen LogP contribution in [0.4, 0.5) is 0 Å². The zero-order valence-corrected chi connectivity index (χ0v) is 13.8. The first-order valence-corrected chi connectivity index (χ1v) is 9.11. The Bertz CT molecular complexity index is 352. The lowest BCUT2D eigenvalue weighted by atomic mass is 9.74. The Kier molecular flexibility index (Phi) is 5.05. The van der Waals surface area contributed by atoms with E-state index in [9.17, 15) is 0 Å². The Balaban J connectivity index is 1.56. The van der Waals surface area contributed by atoms with Crippen LogP contribution < -0.4 is 0 Å². The number of piperidine rings is 2. The second kappa shape index (κ2) is 6.66. The molecule has 0 aromatic carbocycles. The van der Waals surface area contributed by atoms with Gasteiger partial charge in [-0.15, -0.1) is 0 Å². The molecule has 2 heterocycles. The highest BCUT2D eigenvalue weighted by atomic mass is 15.1. The molecule has 2 aliphatic heterocycles. The highest BCUT2D eigenvalue weighted by Crippen LogP contribution is 2.49. The van der Waals surface area contributed by atoms with Crippen LogP contribution >= 0.6 is 0 Å². The quantitative estimate of drug-likeness (QED) is 0.735. The highest BCUT2D eigenvalue weighted by molar-refractivity contribution is 6.04. The molecule has 0 N–H and O–H groups in total. The van der Waals surface area contributed by atoms with E-state index in [0.717, 1.165) is 19.0 Å². The van der Waals surface area contributed by atoms with E-state index < -0.39 is 0 Å². The third-order valence-corrected chi connectivity index (χ3v) is 6.51. The summed E-state index contributed by atoms with van der Waals surface area (Å²) >= 11 is 0. The first-order chi connectivity index (χ1) is 10.1. The lowest BCUT2D eigenvalue weighted by Crippen LogP contribution is -2.47. The Labute approximate surface area is 133 Å². The minimum atomic E-state index is 0.438. The van der Waals surface area contributed by atoms with Crippen LogP contribution in [0.3, 0.4) is 0 Å². The van der Waals surface area contributed by atoms with Crippen LogP contribution in [-0.2, 0) is 0 Å². The van der Waals surface area contributed by atoms with E-state index >= 15 is 0 Å². The van der Waals surface area contributed by atoms with Crippen molar-refractivity contribution in [2.45, 2.75) is 83.2 Å². The van der Waals surface area contributed by atoms with E-state index in [1.54, 1.807) is 0 Å². The fourth-order valence-corrected chi connectivity index (χ4v) is 5.26. The van der Waals surface area contributed by atoms with E-state index in [0.29, 0.717) is 17.5 Å². The minimum Gasteiger partial charge on any atom is -0.351 e. The van der Waals surface area contributed by atoms with E-state index in [1.807, 2.05) is 0 Å². The SMILES string of the molecule is [B]N1CCCCC1CC1CCC(C)(C2CCCCN2[B])C1. The predicted molar refractivity (Wildman–Crippen MR) is 90.3 cm³/mol. The largest absolute Gasteiger partial charge is 0.351 e. The van der Waals surface area contributed by atoms with E-state index in [1.165, 1.54) is 64.2 Å². The average molecular weight is 284 g/mol. The fraction of sp³-hybridized carbons (Fsp3) is 1.00. The smallest absolute Gasteiger partial charge is 0.182 e. The fourth-order valence-electron chi connectivity index (χ4n) is 5.26. The Morgan fingerprint density at radius 2 is 1.67 bits per heavy atom. The molecular weight excluding hydrogens is 254 g/mol. The van der Waals surface area contributed by atoms with Crippen molar-refractivity contribution in [3.05, 3.63) is 0 Å². The molecule has 4 unspecified atom stereocenters. The van der Waals surface area contributed by atoms with Gasteiger partial charge in [-0.05, 0) is 81.8 Å². The topological polar surface area (TPSA) is 6.48 Å². The maximum absolute atomic E-state index is 6.30. The summed E-state index contributed by atoms with van der Waals surface area (Å²) in [4.78, 5) is 4.27. The molecule has 3 fully saturated rings. The minimum absolute atomic E-state index is 0.438. The molecule has 21 heavy (non-hydrogen) atoms. The van der Waals surface area contributed by atoms with Gasteiger partial charge in [0, 0.05) is 6.04 Å². The van der Waals surface area contributed by atoms with Gasteiger partial charge >= 0.3 is 0 Å². The lowest BCUT2D eigenvalue weighted by molar-refractivity contribution is 0.106. The Morgan fingerprint density at radius 3 is 2.38 bits per heavy atom. The van der Waals surface area contributed by atoms with Gasteiger partial charge in [-0.25, -0.2) is 0 Å². The molecule has 1 saturated carbocycles. The predicted octanol–water partition coefficient (Wildman–Crippen LogP) is 3.06. The zero-order valence-electron chi connectivity index (χ0n) is 13.8. The van der Waals surface area contributed by atoms with Crippen molar-refractivity contribution in [2.24, 2.45) is 11.3 Å². The first-order valence-electron chi connectivity index (χ1n) is 9.11. The molecule has 0 bridgehead atoms. The van der Waals surface area contributed by atoms with Gasteiger partial charge in [0.15, 0.2) is 16.0 Å². The van der Waals surface area contributed by atoms with Gasteiger partial charge in [0.25, 0.3) is 0 Å². The molecular formula is C17H30B2N2. The van der Waals surface area contributed by atoms with E-state index in [-0.39, 0.29) is 0 Å². The third-order valence-electron chi connectivity index (χ3n) is 6.51. The highest BCUT2D eigenvalue weighted by Gasteiger charge is 2.43. The van der Waals surface area contributed by atoms with Crippen molar-refractivity contribution in [1.82, 2.24) is 9.62 Å². The van der Waals surface area contributed by atoms with Crippen molar-refractivity contribution in [1.29, 1.82) is 0 Å². The molecule has 0 amide bonds.